The van der Waals surface area contributed by atoms with Crippen molar-refractivity contribution in [3.63, 3.8) is 0 Å². The minimum atomic E-state index is -0.449. The standard InChI is InChI=1S/C10H9BrFNO2.ClH/c11-7-2-1-6(5-8(7)12)9-3-4-15-10(14)13-9;/h1-2,5,9H,3-4H2,(H,13,14);1H/t9-;/m0./s1. The maximum atomic E-state index is 13.2. The van der Waals surface area contributed by atoms with Gasteiger partial charge in [0.1, 0.15) is 5.82 Å². The normalized spacial score (nSPS) is 19.4. The van der Waals surface area contributed by atoms with Gasteiger partial charge in [0.2, 0.25) is 0 Å². The molecule has 0 bridgehead atoms. The molecule has 2 rings (SSSR count). The maximum Gasteiger partial charge on any atom is 0.407 e. The van der Waals surface area contributed by atoms with Gasteiger partial charge in [-0.2, -0.15) is 0 Å². The molecule has 16 heavy (non-hydrogen) atoms. The van der Waals surface area contributed by atoms with E-state index in [1.165, 1.54) is 6.07 Å². The first kappa shape index (κ1) is 13.3. The number of carbonyl (C=O) groups excluding carboxylic acids is 1. The van der Waals surface area contributed by atoms with Crippen LogP contribution in [0, 0.1) is 5.82 Å². The second-order valence-electron chi connectivity index (χ2n) is 3.30. The summed E-state index contributed by atoms with van der Waals surface area (Å²) in [7, 11) is 0. The fourth-order valence-electron chi connectivity index (χ4n) is 1.50. The fraction of sp³-hybridized carbons (Fsp3) is 0.300. The quantitative estimate of drug-likeness (QED) is 0.865. The molecular formula is C10H10BrClFNO2. The van der Waals surface area contributed by atoms with Crippen LogP contribution in [-0.4, -0.2) is 12.7 Å². The maximum absolute atomic E-state index is 13.2. The molecule has 0 spiro atoms. The van der Waals surface area contributed by atoms with E-state index < -0.39 is 6.09 Å². The molecule has 0 radical (unpaired) electrons. The molecule has 6 heteroatoms. The smallest absolute Gasteiger partial charge is 0.407 e. The van der Waals surface area contributed by atoms with Crippen LogP contribution in [0.2, 0.25) is 0 Å². The van der Waals surface area contributed by atoms with Crippen LogP contribution in [0.25, 0.3) is 0 Å². The lowest BCUT2D eigenvalue weighted by molar-refractivity contribution is 0.115. The van der Waals surface area contributed by atoms with Crippen LogP contribution < -0.4 is 5.32 Å². The van der Waals surface area contributed by atoms with Crippen molar-refractivity contribution in [1.29, 1.82) is 0 Å². The Labute approximate surface area is 107 Å². The highest BCUT2D eigenvalue weighted by Gasteiger charge is 2.21. The van der Waals surface area contributed by atoms with Crippen molar-refractivity contribution < 1.29 is 13.9 Å². The van der Waals surface area contributed by atoms with Crippen molar-refractivity contribution >= 4 is 34.4 Å². The average Bonchev–Trinajstić information content (AvgIpc) is 2.22. The number of hydrogen-bond acceptors (Lipinski definition) is 2. The summed E-state index contributed by atoms with van der Waals surface area (Å²) in [6, 6.07) is 4.67. The number of halogens is 3. The minimum absolute atomic E-state index is 0. The second kappa shape index (κ2) is 5.50. The van der Waals surface area contributed by atoms with Crippen LogP contribution in [0.3, 0.4) is 0 Å². The first-order chi connectivity index (χ1) is 7.16. The second-order valence-corrected chi connectivity index (χ2v) is 4.15. The highest BCUT2D eigenvalue weighted by molar-refractivity contribution is 9.10. The molecule has 1 aromatic carbocycles. The van der Waals surface area contributed by atoms with Gasteiger partial charge in [-0.1, -0.05) is 6.07 Å². The molecule has 1 fully saturated rings. The zero-order chi connectivity index (χ0) is 10.8. The molecule has 0 saturated carbocycles. The van der Waals surface area contributed by atoms with E-state index in [2.05, 4.69) is 21.2 Å². The number of carbonyl (C=O) groups is 1. The molecular weight excluding hydrogens is 300 g/mol. The number of rotatable bonds is 1. The Balaban J connectivity index is 0.00000128. The Hall–Kier alpha value is -0.810. The number of nitrogens with one attached hydrogen (secondary N) is 1. The van der Waals surface area contributed by atoms with Gasteiger partial charge < -0.3 is 10.1 Å². The fourth-order valence-corrected chi connectivity index (χ4v) is 1.75. The van der Waals surface area contributed by atoms with E-state index in [-0.39, 0.29) is 24.3 Å². The molecule has 1 N–H and O–H groups in total. The van der Waals surface area contributed by atoms with Gasteiger partial charge in [0, 0.05) is 6.42 Å². The van der Waals surface area contributed by atoms with E-state index in [0.29, 0.717) is 17.5 Å². The number of ether oxygens (including phenoxy) is 1. The lowest BCUT2D eigenvalue weighted by atomic mass is 10.0. The van der Waals surface area contributed by atoms with Crippen LogP contribution in [0.15, 0.2) is 22.7 Å². The molecule has 1 saturated heterocycles. The Bertz CT molecular complexity index is 402. The van der Waals surface area contributed by atoms with E-state index in [1.54, 1.807) is 12.1 Å². The van der Waals surface area contributed by atoms with Gasteiger partial charge in [0.05, 0.1) is 17.1 Å². The third-order valence-electron chi connectivity index (χ3n) is 2.28. The van der Waals surface area contributed by atoms with Crippen molar-refractivity contribution in [3.8, 4) is 0 Å². The molecule has 1 amide bonds. The van der Waals surface area contributed by atoms with Crippen molar-refractivity contribution in [2.75, 3.05) is 6.61 Å². The Morgan fingerprint density at radius 1 is 1.50 bits per heavy atom. The van der Waals surface area contributed by atoms with Gasteiger partial charge in [-0.3, -0.25) is 0 Å². The summed E-state index contributed by atoms with van der Waals surface area (Å²) >= 11 is 3.08. The van der Waals surface area contributed by atoms with E-state index in [1.807, 2.05) is 0 Å². The van der Waals surface area contributed by atoms with Crippen LogP contribution in [-0.2, 0) is 4.74 Å². The molecule has 1 aromatic rings. The van der Waals surface area contributed by atoms with Crippen LogP contribution in [0.1, 0.15) is 18.0 Å². The van der Waals surface area contributed by atoms with Crippen LogP contribution in [0.4, 0.5) is 9.18 Å². The lowest BCUT2D eigenvalue weighted by Crippen LogP contribution is -2.35. The summed E-state index contributed by atoms with van der Waals surface area (Å²) in [5.74, 6) is -0.326. The predicted octanol–water partition coefficient (Wildman–Crippen LogP) is 3.18. The molecule has 88 valence electrons. The molecule has 3 nitrogen and oxygen atoms in total. The third-order valence-corrected chi connectivity index (χ3v) is 2.92. The summed E-state index contributed by atoms with van der Waals surface area (Å²) in [4.78, 5) is 11.0. The van der Waals surface area contributed by atoms with E-state index >= 15 is 0 Å². The zero-order valence-electron chi connectivity index (χ0n) is 8.20. The van der Waals surface area contributed by atoms with Crippen molar-refractivity contribution in [2.24, 2.45) is 0 Å². The molecule has 0 unspecified atom stereocenters. The lowest BCUT2D eigenvalue weighted by Gasteiger charge is -2.23. The average molecular weight is 311 g/mol. The van der Waals surface area contributed by atoms with E-state index in [4.69, 9.17) is 4.74 Å². The molecule has 1 heterocycles. The van der Waals surface area contributed by atoms with Gasteiger partial charge in [-0.25, -0.2) is 9.18 Å². The molecule has 0 aliphatic carbocycles. The van der Waals surface area contributed by atoms with Crippen LogP contribution in [0.5, 0.6) is 0 Å². The number of benzene rings is 1. The number of cyclic esters (lactones) is 1. The number of alkyl carbamates (subject to hydrolysis) is 1. The summed E-state index contributed by atoms with van der Waals surface area (Å²) < 4.78 is 18.4. The Morgan fingerprint density at radius 3 is 2.88 bits per heavy atom. The van der Waals surface area contributed by atoms with Gasteiger partial charge >= 0.3 is 6.09 Å². The van der Waals surface area contributed by atoms with Gasteiger partial charge in [-0.15, -0.1) is 12.4 Å². The first-order valence-electron chi connectivity index (χ1n) is 4.55. The number of amides is 1. The van der Waals surface area contributed by atoms with Crippen molar-refractivity contribution in [3.05, 3.63) is 34.1 Å². The summed E-state index contributed by atoms with van der Waals surface area (Å²) in [6.07, 6.45) is 0.210. The zero-order valence-corrected chi connectivity index (χ0v) is 10.6. The van der Waals surface area contributed by atoms with Crippen LogP contribution >= 0.6 is 28.3 Å². The van der Waals surface area contributed by atoms with Gasteiger partial charge in [0.25, 0.3) is 0 Å². The van der Waals surface area contributed by atoms with Crippen molar-refractivity contribution in [2.45, 2.75) is 12.5 Å². The summed E-state index contributed by atoms with van der Waals surface area (Å²) in [5, 5.41) is 2.64. The highest BCUT2D eigenvalue weighted by Crippen LogP contribution is 2.24. The number of hydrogen-bond donors (Lipinski definition) is 1. The van der Waals surface area contributed by atoms with E-state index in [9.17, 15) is 9.18 Å². The summed E-state index contributed by atoms with van der Waals surface area (Å²) in [5.41, 5.74) is 0.757. The Morgan fingerprint density at radius 2 is 2.25 bits per heavy atom. The topological polar surface area (TPSA) is 38.3 Å². The molecule has 1 aliphatic heterocycles. The van der Waals surface area contributed by atoms with Crippen molar-refractivity contribution in [1.82, 2.24) is 5.32 Å². The molecule has 0 aromatic heterocycles. The Kier molecular flexibility index (Phi) is 4.56. The first-order valence-corrected chi connectivity index (χ1v) is 5.34. The monoisotopic (exact) mass is 309 g/mol. The summed E-state index contributed by atoms with van der Waals surface area (Å²) in [6.45, 7) is 0.369. The third kappa shape index (κ3) is 2.86. The van der Waals surface area contributed by atoms with E-state index in [0.717, 1.165) is 5.56 Å². The van der Waals surface area contributed by atoms with Gasteiger partial charge in [0.15, 0.2) is 0 Å². The largest absolute Gasteiger partial charge is 0.449 e. The predicted molar refractivity (Wildman–Crippen MR) is 63.2 cm³/mol. The van der Waals surface area contributed by atoms with Gasteiger partial charge in [-0.05, 0) is 33.6 Å². The minimum Gasteiger partial charge on any atom is -0.449 e. The molecule has 1 atom stereocenters. The SMILES string of the molecule is Cl.O=C1N[C@H](c2ccc(Br)c(F)c2)CCO1. The molecule has 1 aliphatic rings. The highest BCUT2D eigenvalue weighted by atomic mass is 79.9.